The van der Waals surface area contributed by atoms with Crippen molar-refractivity contribution in [2.24, 2.45) is 0 Å². The molecule has 8 heteroatoms. The van der Waals surface area contributed by atoms with E-state index in [4.69, 9.17) is 4.74 Å². The largest absolute Gasteiger partial charge is 0.379 e. The lowest BCUT2D eigenvalue weighted by molar-refractivity contribution is -0.134. The monoisotopic (exact) mass is 420 g/mol. The summed E-state index contributed by atoms with van der Waals surface area (Å²) in [5.41, 5.74) is 0.801. The van der Waals surface area contributed by atoms with Gasteiger partial charge in [0.1, 0.15) is 5.82 Å². The van der Waals surface area contributed by atoms with Gasteiger partial charge < -0.3 is 15.4 Å². The van der Waals surface area contributed by atoms with Crippen LogP contribution >= 0.6 is 0 Å². The Labute approximate surface area is 177 Å². The molecule has 1 atom stereocenters. The number of halogens is 1. The molecule has 2 saturated heterocycles. The van der Waals surface area contributed by atoms with E-state index in [2.05, 4.69) is 15.5 Å². The SMILES string of the molecule is O=C(C[C@H]1C(=O)NCCN1Cc1cccc(F)c1)NCCCCCN1CCOCC1. The third-order valence-corrected chi connectivity index (χ3v) is 5.67. The highest BCUT2D eigenvalue weighted by Crippen LogP contribution is 2.15. The van der Waals surface area contributed by atoms with Gasteiger partial charge in [0.2, 0.25) is 11.8 Å². The molecule has 2 N–H and O–H groups in total. The van der Waals surface area contributed by atoms with Crippen LogP contribution in [0.5, 0.6) is 0 Å². The van der Waals surface area contributed by atoms with E-state index in [1.165, 1.54) is 12.1 Å². The Morgan fingerprint density at radius 2 is 2.03 bits per heavy atom. The highest BCUT2D eigenvalue weighted by molar-refractivity contribution is 5.88. The Balaban J connectivity index is 1.36. The molecule has 166 valence electrons. The van der Waals surface area contributed by atoms with Crippen molar-refractivity contribution in [3.8, 4) is 0 Å². The Bertz CT molecular complexity index is 697. The van der Waals surface area contributed by atoms with E-state index >= 15 is 0 Å². The van der Waals surface area contributed by atoms with Crippen molar-refractivity contribution in [1.29, 1.82) is 0 Å². The van der Waals surface area contributed by atoms with Crippen molar-refractivity contribution in [3.63, 3.8) is 0 Å². The summed E-state index contributed by atoms with van der Waals surface area (Å²) in [5.74, 6) is -0.551. The lowest BCUT2D eigenvalue weighted by atomic mass is 10.1. The Kier molecular flexibility index (Phi) is 9.04. The molecule has 0 saturated carbocycles. The summed E-state index contributed by atoms with van der Waals surface area (Å²) in [4.78, 5) is 29.1. The van der Waals surface area contributed by atoms with Gasteiger partial charge in [-0.2, -0.15) is 0 Å². The second kappa shape index (κ2) is 12.0. The third-order valence-electron chi connectivity index (χ3n) is 5.67. The molecule has 7 nitrogen and oxygen atoms in total. The third kappa shape index (κ3) is 7.34. The first-order valence-electron chi connectivity index (χ1n) is 10.9. The van der Waals surface area contributed by atoms with Gasteiger partial charge in [-0.3, -0.25) is 19.4 Å². The summed E-state index contributed by atoms with van der Waals surface area (Å²) >= 11 is 0. The average Bonchev–Trinajstić information content (AvgIpc) is 2.74. The van der Waals surface area contributed by atoms with Crippen LogP contribution in [0.1, 0.15) is 31.2 Å². The van der Waals surface area contributed by atoms with Crippen molar-refractivity contribution in [2.75, 3.05) is 52.5 Å². The maximum absolute atomic E-state index is 13.5. The molecule has 0 bridgehead atoms. The highest BCUT2D eigenvalue weighted by Gasteiger charge is 2.31. The molecule has 0 unspecified atom stereocenters. The first-order valence-corrected chi connectivity index (χ1v) is 10.9. The summed E-state index contributed by atoms with van der Waals surface area (Å²) < 4.78 is 18.8. The number of morpholine rings is 1. The molecule has 0 radical (unpaired) electrons. The summed E-state index contributed by atoms with van der Waals surface area (Å²) in [6.45, 7) is 6.98. The van der Waals surface area contributed by atoms with Gasteiger partial charge in [-0.05, 0) is 37.1 Å². The second-order valence-electron chi connectivity index (χ2n) is 7.98. The molecule has 0 aliphatic carbocycles. The summed E-state index contributed by atoms with van der Waals surface area (Å²) in [6, 6.07) is 5.85. The van der Waals surface area contributed by atoms with Gasteiger partial charge in [0.05, 0.1) is 25.7 Å². The molecule has 0 spiro atoms. The minimum absolute atomic E-state index is 0.116. The number of rotatable bonds is 10. The molecule has 2 amide bonds. The van der Waals surface area contributed by atoms with E-state index in [1.807, 2.05) is 11.0 Å². The van der Waals surface area contributed by atoms with E-state index in [0.29, 0.717) is 26.2 Å². The highest BCUT2D eigenvalue weighted by atomic mass is 19.1. The molecule has 2 aliphatic rings. The van der Waals surface area contributed by atoms with Crippen LogP contribution < -0.4 is 10.6 Å². The molecule has 1 aromatic rings. The van der Waals surface area contributed by atoms with Crippen molar-refractivity contribution >= 4 is 11.8 Å². The Morgan fingerprint density at radius 1 is 1.20 bits per heavy atom. The molecular formula is C22H33FN4O3. The van der Waals surface area contributed by atoms with Gasteiger partial charge in [0.25, 0.3) is 0 Å². The number of ether oxygens (including phenoxy) is 1. The van der Waals surface area contributed by atoms with E-state index in [9.17, 15) is 14.0 Å². The number of benzene rings is 1. The summed E-state index contributed by atoms with van der Waals surface area (Å²) in [5, 5.41) is 5.77. The zero-order valence-corrected chi connectivity index (χ0v) is 17.6. The van der Waals surface area contributed by atoms with Crippen molar-refractivity contribution in [3.05, 3.63) is 35.6 Å². The van der Waals surface area contributed by atoms with Crippen LogP contribution in [0.2, 0.25) is 0 Å². The first-order chi connectivity index (χ1) is 14.6. The number of nitrogens with one attached hydrogen (secondary N) is 2. The minimum Gasteiger partial charge on any atom is -0.379 e. The van der Waals surface area contributed by atoms with E-state index < -0.39 is 6.04 Å². The molecule has 3 rings (SSSR count). The number of unbranched alkanes of at least 4 members (excludes halogenated alkanes) is 2. The Morgan fingerprint density at radius 3 is 2.83 bits per heavy atom. The number of hydrogen-bond acceptors (Lipinski definition) is 5. The molecule has 0 aromatic heterocycles. The van der Waals surface area contributed by atoms with Crippen LogP contribution in [0, 0.1) is 5.82 Å². The number of carbonyl (C=O) groups excluding carboxylic acids is 2. The fourth-order valence-electron chi connectivity index (χ4n) is 3.98. The normalized spacial score (nSPS) is 20.7. The fraction of sp³-hybridized carbons (Fsp3) is 0.636. The van der Waals surface area contributed by atoms with Crippen molar-refractivity contribution < 1.29 is 18.7 Å². The van der Waals surface area contributed by atoms with Crippen LogP contribution in [-0.4, -0.2) is 80.1 Å². The van der Waals surface area contributed by atoms with Crippen LogP contribution in [0.3, 0.4) is 0 Å². The van der Waals surface area contributed by atoms with Gasteiger partial charge in [-0.25, -0.2) is 4.39 Å². The van der Waals surface area contributed by atoms with Gasteiger partial charge in [-0.15, -0.1) is 0 Å². The first kappa shape index (κ1) is 22.7. The van der Waals surface area contributed by atoms with Crippen LogP contribution in [0.25, 0.3) is 0 Å². The number of amides is 2. The van der Waals surface area contributed by atoms with Gasteiger partial charge >= 0.3 is 0 Å². The summed E-state index contributed by atoms with van der Waals surface area (Å²) in [7, 11) is 0. The topological polar surface area (TPSA) is 73.9 Å². The van der Waals surface area contributed by atoms with E-state index in [1.54, 1.807) is 6.07 Å². The smallest absolute Gasteiger partial charge is 0.237 e. The van der Waals surface area contributed by atoms with Crippen LogP contribution in [0.15, 0.2) is 24.3 Å². The number of hydrogen-bond donors (Lipinski definition) is 2. The predicted octanol–water partition coefficient (Wildman–Crippen LogP) is 1.13. The minimum atomic E-state index is -0.525. The Hall–Kier alpha value is -2.03. The molecule has 2 aliphatic heterocycles. The van der Waals surface area contributed by atoms with Gasteiger partial charge in [-0.1, -0.05) is 18.6 Å². The predicted molar refractivity (Wildman–Crippen MR) is 112 cm³/mol. The summed E-state index contributed by atoms with van der Waals surface area (Å²) in [6.07, 6.45) is 3.23. The maximum Gasteiger partial charge on any atom is 0.237 e. The van der Waals surface area contributed by atoms with E-state index in [-0.39, 0.29) is 24.1 Å². The fourth-order valence-corrected chi connectivity index (χ4v) is 3.98. The number of nitrogens with zero attached hydrogens (tertiary/aromatic N) is 2. The molecule has 2 fully saturated rings. The standard InChI is InChI=1S/C22H33FN4O3/c23-19-6-4-5-18(15-19)17-27-10-8-25-22(29)20(27)16-21(28)24-7-2-1-3-9-26-11-13-30-14-12-26/h4-6,15,20H,1-3,7-14,16-17H2,(H,24,28)(H,25,29)/t20-/m0/s1. The zero-order chi connectivity index (χ0) is 21.2. The maximum atomic E-state index is 13.5. The lowest BCUT2D eigenvalue weighted by Gasteiger charge is -2.34. The number of carbonyl (C=O) groups is 2. The molecule has 30 heavy (non-hydrogen) atoms. The second-order valence-corrected chi connectivity index (χ2v) is 7.98. The van der Waals surface area contributed by atoms with Crippen LogP contribution in [-0.2, 0) is 20.9 Å². The zero-order valence-electron chi connectivity index (χ0n) is 17.6. The molecule has 2 heterocycles. The van der Waals surface area contributed by atoms with Gasteiger partial charge in [0.15, 0.2) is 0 Å². The van der Waals surface area contributed by atoms with Crippen molar-refractivity contribution in [1.82, 2.24) is 20.4 Å². The van der Waals surface area contributed by atoms with Crippen LogP contribution in [0.4, 0.5) is 4.39 Å². The van der Waals surface area contributed by atoms with E-state index in [0.717, 1.165) is 57.7 Å². The number of piperazine rings is 1. The van der Waals surface area contributed by atoms with Gasteiger partial charge in [0, 0.05) is 39.3 Å². The quantitative estimate of drug-likeness (QED) is 0.556. The average molecular weight is 421 g/mol. The molecule has 1 aromatic carbocycles. The molecular weight excluding hydrogens is 387 g/mol. The lowest BCUT2D eigenvalue weighted by Crippen LogP contribution is -2.56. The van der Waals surface area contributed by atoms with Crippen molar-refractivity contribution in [2.45, 2.75) is 38.3 Å².